The lowest BCUT2D eigenvalue weighted by Crippen LogP contribution is -2.49. The molecule has 0 radical (unpaired) electrons. The van der Waals surface area contributed by atoms with Crippen LogP contribution in [0.4, 0.5) is 0 Å². The van der Waals surface area contributed by atoms with Crippen LogP contribution in [0.2, 0.25) is 0 Å². The molecule has 1 aliphatic carbocycles. The first-order valence-electron chi connectivity index (χ1n) is 4.06. The smallest absolute Gasteiger partial charge is 0.0771 e. The lowest BCUT2D eigenvalue weighted by atomic mass is 9.82. The maximum Gasteiger partial charge on any atom is 0.0771 e. The Hall–Kier alpha value is -0.0800. The van der Waals surface area contributed by atoms with Gasteiger partial charge in [0.25, 0.3) is 0 Å². The first kappa shape index (κ1) is 8.02. The van der Waals surface area contributed by atoms with Crippen LogP contribution < -0.4 is 5.32 Å². The van der Waals surface area contributed by atoms with Crippen LogP contribution in [0.5, 0.6) is 0 Å². The van der Waals surface area contributed by atoms with Crippen LogP contribution >= 0.6 is 0 Å². The van der Waals surface area contributed by atoms with E-state index in [1.54, 1.807) is 0 Å². The van der Waals surface area contributed by atoms with Gasteiger partial charge in [-0.05, 0) is 26.8 Å². The van der Waals surface area contributed by atoms with Gasteiger partial charge in [0.15, 0.2) is 0 Å². The van der Waals surface area contributed by atoms with Gasteiger partial charge in [-0.2, -0.15) is 0 Å². The molecule has 0 aromatic heterocycles. The third-order valence-corrected chi connectivity index (χ3v) is 2.52. The van der Waals surface area contributed by atoms with Gasteiger partial charge >= 0.3 is 0 Å². The average Bonchev–Trinajstić information content (AvgIpc) is 1.87. The van der Waals surface area contributed by atoms with Crippen LogP contribution in [0, 0.1) is 0 Å². The molecule has 0 unspecified atom stereocenters. The van der Waals surface area contributed by atoms with Crippen LogP contribution in [0.3, 0.4) is 0 Å². The van der Waals surface area contributed by atoms with E-state index in [1.165, 1.54) is 12.8 Å². The average molecular weight is 143 g/mol. The molecule has 2 nitrogen and oxygen atoms in total. The SMILES string of the molecule is CN[C@H]1CCCC[C@@]1(C)O. The number of nitrogens with one attached hydrogen (secondary N) is 1. The fraction of sp³-hybridized carbons (Fsp3) is 1.00. The largest absolute Gasteiger partial charge is 0.389 e. The van der Waals surface area contributed by atoms with Crippen LogP contribution in [0.25, 0.3) is 0 Å². The van der Waals surface area contributed by atoms with Crippen molar-refractivity contribution < 1.29 is 5.11 Å². The fourth-order valence-electron chi connectivity index (χ4n) is 1.77. The standard InChI is InChI=1S/C8H17NO/c1-8(10)6-4-3-5-7(8)9-2/h7,9-10H,3-6H2,1-2H3/t7-,8+/m0/s1. The minimum atomic E-state index is -0.465. The van der Waals surface area contributed by atoms with Gasteiger partial charge in [-0.25, -0.2) is 0 Å². The van der Waals surface area contributed by atoms with E-state index in [4.69, 9.17) is 0 Å². The lowest BCUT2D eigenvalue weighted by molar-refractivity contribution is -0.00727. The molecule has 60 valence electrons. The summed E-state index contributed by atoms with van der Waals surface area (Å²) in [5.74, 6) is 0. The Morgan fingerprint density at radius 1 is 1.50 bits per heavy atom. The number of rotatable bonds is 1. The second-order valence-electron chi connectivity index (χ2n) is 3.44. The summed E-state index contributed by atoms with van der Waals surface area (Å²) >= 11 is 0. The van der Waals surface area contributed by atoms with Crippen molar-refractivity contribution >= 4 is 0 Å². The Morgan fingerprint density at radius 2 is 2.20 bits per heavy atom. The van der Waals surface area contributed by atoms with E-state index in [1.807, 2.05) is 14.0 Å². The van der Waals surface area contributed by atoms with Crippen molar-refractivity contribution in [1.82, 2.24) is 5.32 Å². The maximum atomic E-state index is 9.77. The van der Waals surface area contributed by atoms with Gasteiger partial charge in [-0.15, -0.1) is 0 Å². The summed E-state index contributed by atoms with van der Waals surface area (Å²) in [5.41, 5.74) is -0.465. The van der Waals surface area contributed by atoms with Gasteiger partial charge < -0.3 is 10.4 Å². The van der Waals surface area contributed by atoms with Gasteiger partial charge in [-0.1, -0.05) is 12.8 Å². The van der Waals surface area contributed by atoms with Gasteiger partial charge in [0.1, 0.15) is 0 Å². The summed E-state index contributed by atoms with van der Waals surface area (Å²) in [4.78, 5) is 0. The summed E-state index contributed by atoms with van der Waals surface area (Å²) in [6.45, 7) is 1.92. The third-order valence-electron chi connectivity index (χ3n) is 2.52. The number of hydrogen-bond donors (Lipinski definition) is 2. The van der Waals surface area contributed by atoms with Crippen LogP contribution in [0.15, 0.2) is 0 Å². The van der Waals surface area contributed by atoms with Crippen LogP contribution in [-0.4, -0.2) is 23.8 Å². The number of hydrogen-bond acceptors (Lipinski definition) is 2. The molecule has 2 heteroatoms. The molecule has 2 atom stereocenters. The molecule has 2 N–H and O–H groups in total. The summed E-state index contributed by atoms with van der Waals surface area (Å²) < 4.78 is 0. The quantitative estimate of drug-likeness (QED) is 0.571. The Kier molecular flexibility index (Phi) is 2.32. The Morgan fingerprint density at radius 3 is 2.60 bits per heavy atom. The van der Waals surface area contributed by atoms with Gasteiger partial charge in [0.05, 0.1) is 5.60 Å². The van der Waals surface area contributed by atoms with Crippen molar-refractivity contribution in [3.05, 3.63) is 0 Å². The molecule has 0 heterocycles. The van der Waals surface area contributed by atoms with E-state index in [0.717, 1.165) is 12.8 Å². The van der Waals surface area contributed by atoms with Gasteiger partial charge in [-0.3, -0.25) is 0 Å². The Bertz CT molecular complexity index is 112. The molecule has 0 bridgehead atoms. The fourth-order valence-corrected chi connectivity index (χ4v) is 1.77. The predicted octanol–water partition coefficient (Wildman–Crippen LogP) is 0.899. The molecule has 0 spiro atoms. The number of aliphatic hydroxyl groups is 1. The monoisotopic (exact) mass is 143 g/mol. The molecular weight excluding hydrogens is 126 g/mol. The minimum Gasteiger partial charge on any atom is -0.389 e. The van der Waals surface area contributed by atoms with Crippen LogP contribution in [-0.2, 0) is 0 Å². The molecule has 0 aromatic rings. The highest BCUT2D eigenvalue weighted by Crippen LogP contribution is 2.27. The van der Waals surface area contributed by atoms with Crippen LogP contribution in [0.1, 0.15) is 32.6 Å². The van der Waals surface area contributed by atoms with Crippen molar-refractivity contribution in [3.63, 3.8) is 0 Å². The van der Waals surface area contributed by atoms with E-state index in [2.05, 4.69) is 5.32 Å². The second kappa shape index (κ2) is 2.89. The third kappa shape index (κ3) is 1.50. The lowest BCUT2D eigenvalue weighted by Gasteiger charge is -2.36. The summed E-state index contributed by atoms with van der Waals surface area (Å²) in [6.07, 6.45) is 4.48. The molecule has 1 saturated carbocycles. The zero-order valence-electron chi connectivity index (χ0n) is 6.85. The molecule has 10 heavy (non-hydrogen) atoms. The zero-order chi connectivity index (χ0) is 7.61. The molecule has 0 saturated heterocycles. The van der Waals surface area contributed by atoms with E-state index in [9.17, 15) is 5.11 Å². The van der Waals surface area contributed by atoms with E-state index >= 15 is 0 Å². The number of likely N-dealkylation sites (N-methyl/N-ethyl adjacent to an activating group) is 1. The predicted molar refractivity (Wildman–Crippen MR) is 41.9 cm³/mol. The topological polar surface area (TPSA) is 32.3 Å². The van der Waals surface area contributed by atoms with E-state index in [-0.39, 0.29) is 0 Å². The molecule has 1 rings (SSSR count). The van der Waals surface area contributed by atoms with Crippen molar-refractivity contribution in [2.24, 2.45) is 0 Å². The van der Waals surface area contributed by atoms with E-state index < -0.39 is 5.60 Å². The Labute approximate surface area is 62.6 Å². The minimum absolute atomic E-state index is 0.307. The second-order valence-corrected chi connectivity index (χ2v) is 3.44. The molecular formula is C8H17NO. The molecule has 1 aliphatic rings. The van der Waals surface area contributed by atoms with Crippen molar-refractivity contribution in [3.8, 4) is 0 Å². The zero-order valence-corrected chi connectivity index (χ0v) is 6.85. The first-order valence-corrected chi connectivity index (χ1v) is 4.06. The van der Waals surface area contributed by atoms with Crippen molar-refractivity contribution in [1.29, 1.82) is 0 Å². The van der Waals surface area contributed by atoms with Gasteiger partial charge in [0, 0.05) is 6.04 Å². The van der Waals surface area contributed by atoms with Crippen molar-refractivity contribution in [2.75, 3.05) is 7.05 Å². The maximum absolute atomic E-state index is 9.77. The highest BCUT2D eigenvalue weighted by Gasteiger charge is 2.32. The first-order chi connectivity index (χ1) is 4.67. The summed E-state index contributed by atoms with van der Waals surface area (Å²) in [5, 5.41) is 12.9. The summed E-state index contributed by atoms with van der Waals surface area (Å²) in [7, 11) is 1.92. The molecule has 0 aromatic carbocycles. The van der Waals surface area contributed by atoms with Gasteiger partial charge in [0.2, 0.25) is 0 Å². The van der Waals surface area contributed by atoms with Crippen molar-refractivity contribution in [2.45, 2.75) is 44.2 Å². The highest BCUT2D eigenvalue weighted by molar-refractivity contribution is 4.90. The molecule has 0 amide bonds. The van der Waals surface area contributed by atoms with E-state index in [0.29, 0.717) is 6.04 Å². The highest BCUT2D eigenvalue weighted by atomic mass is 16.3. The summed E-state index contributed by atoms with van der Waals surface area (Å²) in [6, 6.07) is 0.307. The molecule has 0 aliphatic heterocycles. The Balaban J connectivity index is 2.51. The molecule has 1 fully saturated rings. The normalized spacial score (nSPS) is 41.7.